The topological polar surface area (TPSA) is 50.2 Å². The molecule has 0 bridgehead atoms. The van der Waals surface area contributed by atoms with Gasteiger partial charge in [-0.05, 0) is 31.9 Å². The number of carbonyl (C=O) groups is 1. The summed E-state index contributed by atoms with van der Waals surface area (Å²) in [4.78, 5) is 14.4. The summed E-state index contributed by atoms with van der Waals surface area (Å²) >= 11 is 0. The summed E-state index contributed by atoms with van der Waals surface area (Å²) in [5, 5.41) is 7.80. The molecular weight excluding hydrogens is 240 g/mol. The Bertz CT molecular complexity index is 433. The quantitative estimate of drug-likeness (QED) is 0.889. The van der Waals surface area contributed by atoms with E-state index in [4.69, 9.17) is 0 Å². The Morgan fingerprint density at radius 1 is 1.42 bits per heavy atom. The molecule has 0 spiro atoms. The molecule has 2 rings (SSSR count). The predicted octanol–water partition coefficient (Wildman–Crippen LogP) is 1.20. The zero-order valence-electron chi connectivity index (χ0n) is 12.1. The minimum absolute atomic E-state index is 0.115. The lowest BCUT2D eigenvalue weighted by Crippen LogP contribution is -2.45. The Kier molecular flexibility index (Phi) is 4.58. The van der Waals surface area contributed by atoms with Crippen LogP contribution in [0.1, 0.15) is 42.9 Å². The molecular formula is C14H24N4O. The molecule has 1 aliphatic rings. The number of aromatic nitrogens is 2. The van der Waals surface area contributed by atoms with Crippen LogP contribution in [-0.4, -0.2) is 46.3 Å². The van der Waals surface area contributed by atoms with Crippen molar-refractivity contribution in [3.05, 3.63) is 17.5 Å². The summed E-state index contributed by atoms with van der Waals surface area (Å²) in [6.45, 7) is 6.85. The fourth-order valence-electron chi connectivity index (χ4n) is 2.64. The van der Waals surface area contributed by atoms with Crippen LogP contribution in [0.15, 0.2) is 6.07 Å². The maximum Gasteiger partial charge on any atom is 0.272 e. The van der Waals surface area contributed by atoms with Crippen molar-refractivity contribution in [3.8, 4) is 0 Å². The molecule has 1 aromatic heterocycles. The highest BCUT2D eigenvalue weighted by molar-refractivity contribution is 5.92. The van der Waals surface area contributed by atoms with Crippen LogP contribution in [0.5, 0.6) is 0 Å². The number of nitrogens with zero attached hydrogens (tertiary/aromatic N) is 3. The highest BCUT2D eigenvalue weighted by Gasteiger charge is 2.25. The van der Waals surface area contributed by atoms with Crippen LogP contribution in [0, 0.1) is 0 Å². The van der Waals surface area contributed by atoms with E-state index < -0.39 is 0 Å². The van der Waals surface area contributed by atoms with E-state index in [1.54, 1.807) is 4.68 Å². The van der Waals surface area contributed by atoms with E-state index in [9.17, 15) is 4.79 Å². The van der Waals surface area contributed by atoms with Gasteiger partial charge in [-0.15, -0.1) is 0 Å². The van der Waals surface area contributed by atoms with Gasteiger partial charge in [0, 0.05) is 26.2 Å². The molecule has 1 amide bonds. The molecule has 106 valence electrons. The van der Waals surface area contributed by atoms with Crippen LogP contribution in [0.3, 0.4) is 0 Å². The molecule has 0 atom stereocenters. The first kappa shape index (κ1) is 14.1. The molecule has 1 aromatic rings. The van der Waals surface area contributed by atoms with Crippen molar-refractivity contribution in [1.29, 1.82) is 0 Å². The van der Waals surface area contributed by atoms with E-state index in [0.717, 1.165) is 44.6 Å². The zero-order valence-corrected chi connectivity index (χ0v) is 12.1. The molecule has 1 fully saturated rings. The van der Waals surface area contributed by atoms with Crippen molar-refractivity contribution < 1.29 is 4.79 Å². The minimum atomic E-state index is 0.115. The van der Waals surface area contributed by atoms with Crippen molar-refractivity contribution in [2.75, 3.05) is 19.6 Å². The molecule has 2 heterocycles. The number of hydrogen-bond donors (Lipinski definition) is 1. The molecule has 0 aliphatic carbocycles. The van der Waals surface area contributed by atoms with Gasteiger partial charge in [0.05, 0.1) is 5.69 Å². The largest absolute Gasteiger partial charge is 0.337 e. The average Bonchev–Trinajstić information content (AvgIpc) is 2.80. The van der Waals surface area contributed by atoms with Gasteiger partial charge in [0.15, 0.2) is 0 Å². The zero-order chi connectivity index (χ0) is 13.8. The Morgan fingerprint density at radius 3 is 2.63 bits per heavy atom. The number of nitrogens with one attached hydrogen (secondary N) is 1. The van der Waals surface area contributed by atoms with Crippen LogP contribution in [0.25, 0.3) is 0 Å². The van der Waals surface area contributed by atoms with Crippen molar-refractivity contribution in [3.63, 3.8) is 0 Å². The van der Waals surface area contributed by atoms with E-state index in [1.165, 1.54) is 0 Å². The van der Waals surface area contributed by atoms with Crippen molar-refractivity contribution in [2.24, 2.45) is 7.05 Å². The Balaban J connectivity index is 1.99. The van der Waals surface area contributed by atoms with Gasteiger partial charge in [0.2, 0.25) is 0 Å². The molecule has 5 nitrogen and oxygen atoms in total. The highest BCUT2D eigenvalue weighted by atomic mass is 16.2. The van der Waals surface area contributed by atoms with Crippen LogP contribution in [0.2, 0.25) is 0 Å². The van der Waals surface area contributed by atoms with E-state index in [1.807, 2.05) is 18.0 Å². The van der Waals surface area contributed by atoms with Crippen molar-refractivity contribution >= 4 is 5.91 Å². The first-order valence-corrected chi connectivity index (χ1v) is 7.21. The molecule has 0 saturated carbocycles. The molecule has 5 heteroatoms. The third-order valence-electron chi connectivity index (χ3n) is 3.79. The third-order valence-corrected chi connectivity index (χ3v) is 3.79. The number of hydrogen-bond acceptors (Lipinski definition) is 3. The molecule has 0 unspecified atom stereocenters. The summed E-state index contributed by atoms with van der Waals surface area (Å²) in [6.07, 6.45) is 2.94. The first-order valence-electron chi connectivity index (χ1n) is 7.21. The predicted molar refractivity (Wildman–Crippen MR) is 75.2 cm³/mol. The van der Waals surface area contributed by atoms with Gasteiger partial charge in [0.25, 0.3) is 5.91 Å². The molecule has 19 heavy (non-hydrogen) atoms. The maximum atomic E-state index is 12.5. The SMILES string of the molecule is CCNC1CCN(C(=O)c2cc(CC)nn2C)CC1. The summed E-state index contributed by atoms with van der Waals surface area (Å²) in [5.41, 5.74) is 1.69. The van der Waals surface area contributed by atoms with Gasteiger partial charge in [-0.2, -0.15) is 5.10 Å². The Labute approximate surface area is 115 Å². The molecule has 1 aliphatic heterocycles. The molecule has 1 saturated heterocycles. The Hall–Kier alpha value is -1.36. The normalized spacial score (nSPS) is 16.9. The van der Waals surface area contributed by atoms with Crippen molar-refractivity contribution in [1.82, 2.24) is 20.0 Å². The van der Waals surface area contributed by atoms with Crippen LogP contribution >= 0.6 is 0 Å². The van der Waals surface area contributed by atoms with Gasteiger partial charge in [-0.25, -0.2) is 0 Å². The fourth-order valence-corrected chi connectivity index (χ4v) is 2.64. The molecule has 0 aromatic carbocycles. The van der Waals surface area contributed by atoms with Gasteiger partial charge in [-0.3, -0.25) is 9.48 Å². The van der Waals surface area contributed by atoms with E-state index >= 15 is 0 Å². The lowest BCUT2D eigenvalue weighted by molar-refractivity contribution is 0.0694. The number of carbonyl (C=O) groups excluding carboxylic acids is 1. The van der Waals surface area contributed by atoms with E-state index in [-0.39, 0.29) is 5.91 Å². The van der Waals surface area contributed by atoms with Crippen molar-refractivity contribution in [2.45, 2.75) is 39.2 Å². The molecule has 1 N–H and O–H groups in total. The highest BCUT2D eigenvalue weighted by Crippen LogP contribution is 2.14. The van der Waals surface area contributed by atoms with Crippen LogP contribution < -0.4 is 5.32 Å². The van der Waals surface area contributed by atoms with Crippen LogP contribution in [-0.2, 0) is 13.5 Å². The first-order chi connectivity index (χ1) is 9.15. The standard InChI is InChI=1S/C14H24N4O/c1-4-11-10-13(17(3)16-11)14(19)18-8-6-12(7-9-18)15-5-2/h10,12,15H,4-9H2,1-3H3. The number of aryl methyl sites for hydroxylation is 2. The maximum absolute atomic E-state index is 12.5. The second-order valence-corrected chi connectivity index (χ2v) is 5.12. The van der Waals surface area contributed by atoms with Crippen LogP contribution in [0.4, 0.5) is 0 Å². The third kappa shape index (κ3) is 3.15. The van der Waals surface area contributed by atoms with E-state index in [2.05, 4.69) is 24.3 Å². The summed E-state index contributed by atoms with van der Waals surface area (Å²) in [6, 6.07) is 2.48. The fraction of sp³-hybridized carbons (Fsp3) is 0.714. The second-order valence-electron chi connectivity index (χ2n) is 5.12. The molecule has 0 radical (unpaired) electrons. The number of piperidine rings is 1. The van der Waals surface area contributed by atoms with Gasteiger partial charge < -0.3 is 10.2 Å². The average molecular weight is 264 g/mol. The number of rotatable bonds is 4. The smallest absolute Gasteiger partial charge is 0.272 e. The number of likely N-dealkylation sites (tertiary alicyclic amines) is 1. The summed E-state index contributed by atoms with van der Waals surface area (Å²) < 4.78 is 1.71. The van der Waals surface area contributed by atoms with Gasteiger partial charge >= 0.3 is 0 Å². The number of amides is 1. The Morgan fingerprint density at radius 2 is 2.11 bits per heavy atom. The summed E-state index contributed by atoms with van der Waals surface area (Å²) in [5.74, 6) is 0.115. The van der Waals surface area contributed by atoms with Gasteiger partial charge in [-0.1, -0.05) is 13.8 Å². The van der Waals surface area contributed by atoms with E-state index in [0.29, 0.717) is 11.7 Å². The monoisotopic (exact) mass is 264 g/mol. The summed E-state index contributed by atoms with van der Waals surface area (Å²) in [7, 11) is 1.85. The minimum Gasteiger partial charge on any atom is -0.337 e. The van der Waals surface area contributed by atoms with Gasteiger partial charge in [0.1, 0.15) is 5.69 Å². The lowest BCUT2D eigenvalue weighted by Gasteiger charge is -2.32. The lowest BCUT2D eigenvalue weighted by atomic mass is 10.0. The second kappa shape index (κ2) is 6.19.